The summed E-state index contributed by atoms with van der Waals surface area (Å²) < 4.78 is 5.12. The normalized spacial score (nSPS) is 13.2. The summed E-state index contributed by atoms with van der Waals surface area (Å²) in [6.45, 7) is 0. The molecule has 7 nitrogen and oxygen atoms in total. The zero-order valence-electron chi connectivity index (χ0n) is 13.8. The lowest BCUT2D eigenvalue weighted by molar-refractivity contribution is -0.117. The van der Waals surface area contributed by atoms with Gasteiger partial charge in [0.15, 0.2) is 0 Å². The molecule has 130 valence electrons. The minimum absolute atomic E-state index is 0.00983. The lowest BCUT2D eigenvalue weighted by Gasteiger charge is -2.05. The van der Waals surface area contributed by atoms with Crippen molar-refractivity contribution in [3.05, 3.63) is 60.5 Å². The highest BCUT2D eigenvalue weighted by Gasteiger charge is 2.29. The number of nitrogens with one attached hydrogen (secondary N) is 2. The highest BCUT2D eigenvalue weighted by atomic mass is 16.5. The smallest absolute Gasteiger partial charge is 0.294 e. The Bertz CT molecular complexity index is 931. The molecular formula is C19H16N4O3. The molecule has 1 fully saturated rings. The van der Waals surface area contributed by atoms with E-state index in [0.717, 1.165) is 18.4 Å². The highest BCUT2D eigenvalue weighted by molar-refractivity contribution is 6.02. The Balaban J connectivity index is 1.40. The van der Waals surface area contributed by atoms with Crippen LogP contribution in [0.25, 0.3) is 11.3 Å². The summed E-state index contributed by atoms with van der Waals surface area (Å²) in [5.74, 6) is 0.253. The fourth-order valence-electron chi connectivity index (χ4n) is 2.44. The molecule has 7 heteroatoms. The summed E-state index contributed by atoms with van der Waals surface area (Å²) in [7, 11) is 0. The van der Waals surface area contributed by atoms with E-state index in [1.165, 1.54) is 6.20 Å². The van der Waals surface area contributed by atoms with Crippen molar-refractivity contribution in [1.82, 2.24) is 10.1 Å². The van der Waals surface area contributed by atoms with Gasteiger partial charge in [-0.05, 0) is 25.0 Å². The molecule has 26 heavy (non-hydrogen) atoms. The second-order valence-electron chi connectivity index (χ2n) is 6.09. The molecule has 0 bridgehead atoms. The minimum atomic E-state index is -0.420. The zero-order chi connectivity index (χ0) is 17.9. The van der Waals surface area contributed by atoms with Crippen molar-refractivity contribution in [2.45, 2.75) is 12.8 Å². The topological polar surface area (TPSA) is 97.1 Å². The summed E-state index contributed by atoms with van der Waals surface area (Å²) in [5, 5.41) is 9.36. The van der Waals surface area contributed by atoms with E-state index in [1.807, 2.05) is 30.3 Å². The van der Waals surface area contributed by atoms with Gasteiger partial charge in [-0.3, -0.25) is 9.59 Å². The van der Waals surface area contributed by atoms with Crippen molar-refractivity contribution < 1.29 is 14.1 Å². The second-order valence-corrected chi connectivity index (χ2v) is 6.09. The van der Waals surface area contributed by atoms with Gasteiger partial charge in [0.05, 0.1) is 11.9 Å². The molecule has 0 radical (unpaired) electrons. The van der Waals surface area contributed by atoms with E-state index >= 15 is 0 Å². The Morgan fingerprint density at radius 3 is 2.54 bits per heavy atom. The molecule has 3 aromatic rings. The molecule has 4 rings (SSSR count). The molecule has 1 aromatic carbocycles. The number of aromatic nitrogens is 2. The first-order valence-electron chi connectivity index (χ1n) is 8.29. The average Bonchev–Trinajstić information content (AvgIpc) is 3.41. The third kappa shape index (κ3) is 3.61. The first-order chi connectivity index (χ1) is 12.7. The third-order valence-corrected chi connectivity index (χ3v) is 4.02. The molecular weight excluding hydrogens is 332 g/mol. The molecule has 2 aromatic heterocycles. The summed E-state index contributed by atoms with van der Waals surface area (Å²) >= 11 is 0. The van der Waals surface area contributed by atoms with E-state index in [4.69, 9.17) is 4.52 Å². The van der Waals surface area contributed by atoms with Gasteiger partial charge in [-0.25, -0.2) is 4.98 Å². The van der Waals surface area contributed by atoms with Crippen LogP contribution in [0.5, 0.6) is 0 Å². The third-order valence-electron chi connectivity index (χ3n) is 4.02. The van der Waals surface area contributed by atoms with Gasteiger partial charge in [0.2, 0.25) is 11.7 Å². The van der Waals surface area contributed by atoms with Gasteiger partial charge in [-0.1, -0.05) is 35.5 Å². The minimum Gasteiger partial charge on any atom is -0.350 e. The maximum Gasteiger partial charge on any atom is 0.294 e. The molecule has 1 aliphatic rings. The number of benzene rings is 1. The number of carbonyl (C=O) groups is 2. The monoisotopic (exact) mass is 348 g/mol. The van der Waals surface area contributed by atoms with Crippen LogP contribution in [0.4, 0.5) is 11.5 Å². The molecule has 2 amide bonds. The summed E-state index contributed by atoms with van der Waals surface area (Å²) in [5.41, 5.74) is 1.96. The van der Waals surface area contributed by atoms with Gasteiger partial charge in [0.25, 0.3) is 5.91 Å². The largest absolute Gasteiger partial charge is 0.350 e. The maximum absolute atomic E-state index is 12.3. The zero-order valence-corrected chi connectivity index (χ0v) is 13.8. The van der Waals surface area contributed by atoms with E-state index in [2.05, 4.69) is 20.8 Å². The first kappa shape index (κ1) is 16.0. The number of hydrogen-bond donors (Lipinski definition) is 2. The van der Waals surface area contributed by atoms with Crippen molar-refractivity contribution in [2.75, 3.05) is 10.6 Å². The fourth-order valence-corrected chi connectivity index (χ4v) is 2.44. The Morgan fingerprint density at radius 1 is 1.04 bits per heavy atom. The number of hydrogen-bond acceptors (Lipinski definition) is 5. The number of rotatable bonds is 5. The molecule has 1 aliphatic carbocycles. The quantitative estimate of drug-likeness (QED) is 0.737. The Morgan fingerprint density at radius 2 is 1.85 bits per heavy atom. The van der Waals surface area contributed by atoms with E-state index in [1.54, 1.807) is 18.2 Å². The Labute approximate surface area is 149 Å². The number of amides is 2. The van der Waals surface area contributed by atoms with Crippen LogP contribution >= 0.6 is 0 Å². The summed E-state index contributed by atoms with van der Waals surface area (Å²) in [4.78, 5) is 28.1. The molecule has 0 saturated heterocycles. The molecule has 0 aliphatic heterocycles. The number of carbonyl (C=O) groups excluding carboxylic acids is 2. The van der Waals surface area contributed by atoms with Crippen LogP contribution in [0, 0.1) is 5.92 Å². The Kier molecular flexibility index (Phi) is 4.18. The van der Waals surface area contributed by atoms with Crippen LogP contribution in [0.2, 0.25) is 0 Å². The van der Waals surface area contributed by atoms with Crippen molar-refractivity contribution in [2.24, 2.45) is 5.92 Å². The molecule has 2 heterocycles. The van der Waals surface area contributed by atoms with Crippen LogP contribution < -0.4 is 10.6 Å². The van der Waals surface area contributed by atoms with Crippen molar-refractivity contribution in [3.63, 3.8) is 0 Å². The highest BCUT2D eigenvalue weighted by Crippen LogP contribution is 2.30. The molecule has 2 N–H and O–H groups in total. The molecule has 0 spiro atoms. The van der Waals surface area contributed by atoms with Crippen LogP contribution in [-0.2, 0) is 4.79 Å². The van der Waals surface area contributed by atoms with Gasteiger partial charge >= 0.3 is 0 Å². The van der Waals surface area contributed by atoms with Gasteiger partial charge in [0, 0.05) is 17.5 Å². The van der Waals surface area contributed by atoms with Crippen LogP contribution in [0.1, 0.15) is 23.4 Å². The van der Waals surface area contributed by atoms with E-state index in [0.29, 0.717) is 17.2 Å². The van der Waals surface area contributed by atoms with E-state index in [-0.39, 0.29) is 17.6 Å². The van der Waals surface area contributed by atoms with Crippen molar-refractivity contribution >= 4 is 23.3 Å². The predicted molar refractivity (Wildman–Crippen MR) is 95.5 cm³/mol. The predicted octanol–water partition coefficient (Wildman–Crippen LogP) is 3.34. The molecule has 0 atom stereocenters. The van der Waals surface area contributed by atoms with Crippen LogP contribution in [0.3, 0.4) is 0 Å². The van der Waals surface area contributed by atoms with E-state index < -0.39 is 5.91 Å². The second kappa shape index (κ2) is 6.79. The summed E-state index contributed by atoms with van der Waals surface area (Å²) in [6.07, 6.45) is 3.35. The molecule has 1 saturated carbocycles. The number of nitrogens with zero attached hydrogens (tertiary/aromatic N) is 2. The average molecular weight is 348 g/mol. The fraction of sp³-hybridized carbons (Fsp3) is 0.158. The van der Waals surface area contributed by atoms with Crippen LogP contribution in [0.15, 0.2) is 59.3 Å². The van der Waals surface area contributed by atoms with Crippen molar-refractivity contribution in [3.8, 4) is 11.3 Å². The van der Waals surface area contributed by atoms with E-state index in [9.17, 15) is 9.59 Å². The number of anilines is 2. The van der Waals surface area contributed by atoms with Gasteiger partial charge in [0.1, 0.15) is 11.5 Å². The van der Waals surface area contributed by atoms with Gasteiger partial charge in [-0.15, -0.1) is 0 Å². The summed E-state index contributed by atoms with van der Waals surface area (Å²) in [6, 6.07) is 14.4. The standard InChI is InChI=1S/C19H16N4O3/c24-18(13-6-7-13)22-17-9-8-14(11-20-17)21-19(25)16-10-15(23-26-16)12-4-2-1-3-5-12/h1-5,8-11,13H,6-7H2,(H,21,25)(H,20,22,24). The Hall–Kier alpha value is -3.48. The van der Waals surface area contributed by atoms with Crippen molar-refractivity contribution in [1.29, 1.82) is 0 Å². The number of pyridine rings is 1. The SMILES string of the molecule is O=C(Nc1ccc(NC(=O)C2CC2)nc1)c1cc(-c2ccccc2)no1. The maximum atomic E-state index is 12.3. The van der Waals surface area contributed by atoms with Gasteiger partial charge in [-0.2, -0.15) is 0 Å². The molecule has 0 unspecified atom stereocenters. The van der Waals surface area contributed by atoms with Crippen LogP contribution in [-0.4, -0.2) is 22.0 Å². The lowest BCUT2D eigenvalue weighted by Crippen LogP contribution is -2.15. The lowest BCUT2D eigenvalue weighted by atomic mass is 10.1. The first-order valence-corrected chi connectivity index (χ1v) is 8.29. The van der Waals surface area contributed by atoms with Gasteiger partial charge < -0.3 is 15.2 Å².